The lowest BCUT2D eigenvalue weighted by atomic mass is 10.3. The van der Waals surface area contributed by atoms with Gasteiger partial charge in [-0.15, -0.1) is 0 Å². The van der Waals surface area contributed by atoms with Crippen molar-refractivity contribution < 1.29 is 0 Å². The minimum atomic E-state index is -1.83. The molecule has 0 aliphatic carbocycles. The highest BCUT2D eigenvalue weighted by Crippen LogP contribution is 2.11. The first-order valence-electron chi connectivity index (χ1n) is 12.0. The van der Waals surface area contributed by atoms with Gasteiger partial charge in [0.15, 0.2) is 0 Å². The van der Waals surface area contributed by atoms with Crippen LogP contribution in [0.5, 0.6) is 0 Å². The van der Waals surface area contributed by atoms with E-state index in [2.05, 4.69) is 148 Å². The van der Waals surface area contributed by atoms with Crippen molar-refractivity contribution in [2.24, 2.45) is 0 Å². The van der Waals surface area contributed by atoms with Gasteiger partial charge in [-0.05, 0) is 0 Å². The number of hydrogen-bond donors (Lipinski definition) is 0. The SMILES string of the molecule is C[Si](C)(c1ccccc1)c1cc([Si](C)(C)c2ccccc2)cc([Si](C)(C)c2ccccc2)c1. The summed E-state index contributed by atoms with van der Waals surface area (Å²) in [5.74, 6) is 0. The summed E-state index contributed by atoms with van der Waals surface area (Å²) in [6.07, 6.45) is 0. The standard InChI is InChI=1S/C30H36Si3/c1-31(2,25-16-10-7-11-17-25)28-22-29(32(3,4)26-18-12-8-13-19-26)24-30(23-28)33(5,6)27-20-14-9-15-21-27/h7-24H,1-6H3. The number of benzene rings is 4. The minimum absolute atomic E-state index is 1.51. The van der Waals surface area contributed by atoms with Gasteiger partial charge >= 0.3 is 0 Å². The maximum atomic E-state index is 2.58. The van der Waals surface area contributed by atoms with Crippen LogP contribution in [0.3, 0.4) is 0 Å². The fourth-order valence-electron chi connectivity index (χ4n) is 4.77. The van der Waals surface area contributed by atoms with Gasteiger partial charge in [-0.2, -0.15) is 0 Å². The zero-order valence-corrected chi connectivity index (χ0v) is 23.9. The van der Waals surface area contributed by atoms with E-state index < -0.39 is 24.2 Å². The van der Waals surface area contributed by atoms with Gasteiger partial charge in [0.1, 0.15) is 24.2 Å². The average Bonchev–Trinajstić information content (AvgIpc) is 2.85. The van der Waals surface area contributed by atoms with Crippen LogP contribution >= 0.6 is 0 Å². The summed E-state index contributed by atoms with van der Waals surface area (Å²) in [4.78, 5) is 0. The Kier molecular flexibility index (Phi) is 6.50. The van der Waals surface area contributed by atoms with Gasteiger partial charge in [0, 0.05) is 0 Å². The average molecular weight is 481 g/mol. The molecule has 3 heteroatoms. The predicted octanol–water partition coefficient (Wildman–Crippen LogP) is 4.15. The summed E-state index contributed by atoms with van der Waals surface area (Å²) in [5.41, 5.74) is 0. The third-order valence-electron chi connectivity index (χ3n) is 7.58. The highest BCUT2D eigenvalue weighted by molar-refractivity contribution is 7.05. The minimum Gasteiger partial charge on any atom is -0.0629 e. The van der Waals surface area contributed by atoms with Crippen molar-refractivity contribution in [3.63, 3.8) is 0 Å². The van der Waals surface area contributed by atoms with E-state index in [1.165, 1.54) is 15.6 Å². The van der Waals surface area contributed by atoms with Crippen LogP contribution in [0.2, 0.25) is 39.3 Å². The maximum Gasteiger partial charge on any atom is 0.112 e. The van der Waals surface area contributed by atoms with Crippen molar-refractivity contribution >= 4 is 55.3 Å². The fourth-order valence-corrected chi connectivity index (χ4v) is 12.4. The summed E-state index contributed by atoms with van der Waals surface area (Å²) in [5, 5.41) is 9.21. The third-order valence-corrected chi connectivity index (χ3v) is 18.1. The monoisotopic (exact) mass is 480 g/mol. The van der Waals surface area contributed by atoms with E-state index in [4.69, 9.17) is 0 Å². The highest BCUT2D eigenvalue weighted by atomic mass is 28.3. The van der Waals surface area contributed by atoms with E-state index in [1.54, 1.807) is 15.6 Å². The van der Waals surface area contributed by atoms with Crippen LogP contribution < -0.4 is 31.1 Å². The van der Waals surface area contributed by atoms with Gasteiger partial charge in [0.2, 0.25) is 0 Å². The van der Waals surface area contributed by atoms with E-state index >= 15 is 0 Å². The molecule has 0 radical (unpaired) electrons. The lowest BCUT2D eigenvalue weighted by molar-refractivity contribution is 1.65. The van der Waals surface area contributed by atoms with Crippen molar-refractivity contribution in [3.05, 3.63) is 109 Å². The highest BCUT2D eigenvalue weighted by Gasteiger charge is 2.34. The normalized spacial score (nSPS) is 12.5. The van der Waals surface area contributed by atoms with Crippen LogP contribution in [0.15, 0.2) is 109 Å². The molecular weight excluding hydrogens is 445 g/mol. The van der Waals surface area contributed by atoms with Gasteiger partial charge in [-0.25, -0.2) is 0 Å². The molecule has 0 amide bonds. The van der Waals surface area contributed by atoms with Gasteiger partial charge in [0.05, 0.1) is 0 Å². The van der Waals surface area contributed by atoms with Crippen LogP contribution in [0.4, 0.5) is 0 Å². The topological polar surface area (TPSA) is 0 Å². The molecule has 4 aromatic rings. The van der Waals surface area contributed by atoms with Crippen molar-refractivity contribution in [2.75, 3.05) is 0 Å². The molecule has 0 N–H and O–H groups in total. The molecule has 0 saturated carbocycles. The first kappa shape index (κ1) is 23.7. The van der Waals surface area contributed by atoms with Crippen LogP contribution in [-0.4, -0.2) is 24.2 Å². The molecule has 33 heavy (non-hydrogen) atoms. The summed E-state index contributed by atoms with van der Waals surface area (Å²) < 4.78 is 0. The summed E-state index contributed by atoms with van der Waals surface area (Å²) >= 11 is 0. The summed E-state index contributed by atoms with van der Waals surface area (Å²) in [6, 6.07) is 41.3. The smallest absolute Gasteiger partial charge is 0.0629 e. The van der Waals surface area contributed by atoms with Crippen molar-refractivity contribution in [1.29, 1.82) is 0 Å². The van der Waals surface area contributed by atoms with E-state index in [9.17, 15) is 0 Å². The molecule has 0 fully saturated rings. The second-order valence-electron chi connectivity index (χ2n) is 10.8. The van der Waals surface area contributed by atoms with Crippen molar-refractivity contribution in [3.8, 4) is 0 Å². The molecule has 0 aliphatic heterocycles. The largest absolute Gasteiger partial charge is 0.112 e. The van der Waals surface area contributed by atoms with Crippen molar-refractivity contribution in [1.82, 2.24) is 0 Å². The molecule has 0 spiro atoms. The molecule has 0 aliphatic rings. The quantitative estimate of drug-likeness (QED) is 0.364. The van der Waals surface area contributed by atoms with Crippen LogP contribution in [0, 0.1) is 0 Å². The molecule has 168 valence electrons. The second kappa shape index (κ2) is 9.05. The van der Waals surface area contributed by atoms with E-state index in [0.717, 1.165) is 0 Å². The lowest BCUT2D eigenvalue weighted by Crippen LogP contribution is -2.62. The third kappa shape index (κ3) is 4.63. The maximum absolute atomic E-state index is 2.58. The Morgan fingerprint density at radius 3 is 0.727 bits per heavy atom. The second-order valence-corrected chi connectivity index (χ2v) is 24.0. The zero-order chi connectivity index (χ0) is 23.7. The molecular formula is C30H36Si3. The molecule has 0 bridgehead atoms. The molecule has 0 nitrogen and oxygen atoms in total. The van der Waals surface area contributed by atoms with E-state index in [1.807, 2.05) is 0 Å². The predicted molar refractivity (Wildman–Crippen MR) is 156 cm³/mol. The van der Waals surface area contributed by atoms with Gasteiger partial charge in [0.25, 0.3) is 0 Å². The van der Waals surface area contributed by atoms with Crippen LogP contribution in [0.1, 0.15) is 0 Å². The molecule has 0 atom stereocenters. The molecule has 4 rings (SSSR count). The molecule has 4 aromatic carbocycles. The van der Waals surface area contributed by atoms with Crippen LogP contribution in [0.25, 0.3) is 0 Å². The zero-order valence-electron chi connectivity index (χ0n) is 20.9. The lowest BCUT2D eigenvalue weighted by Gasteiger charge is -2.33. The Morgan fingerprint density at radius 2 is 0.515 bits per heavy atom. The Labute approximate surface area is 203 Å². The summed E-state index contributed by atoms with van der Waals surface area (Å²) in [6.45, 7) is 15.1. The van der Waals surface area contributed by atoms with Crippen LogP contribution in [-0.2, 0) is 0 Å². The van der Waals surface area contributed by atoms with Crippen molar-refractivity contribution in [2.45, 2.75) is 39.3 Å². The Balaban J connectivity index is 1.95. The molecule has 0 unspecified atom stereocenters. The molecule has 0 saturated heterocycles. The first-order chi connectivity index (χ1) is 15.6. The number of rotatable bonds is 6. The molecule has 0 aromatic heterocycles. The fraction of sp³-hybridized carbons (Fsp3) is 0.200. The Hall–Kier alpha value is -2.47. The first-order valence-corrected chi connectivity index (χ1v) is 21.0. The van der Waals surface area contributed by atoms with E-state index in [-0.39, 0.29) is 0 Å². The summed E-state index contributed by atoms with van der Waals surface area (Å²) in [7, 11) is -5.50. The molecule has 0 heterocycles. The Bertz CT molecular complexity index is 1040. The van der Waals surface area contributed by atoms with Gasteiger partial charge < -0.3 is 0 Å². The van der Waals surface area contributed by atoms with Gasteiger partial charge in [-0.1, -0.05) is 180 Å². The van der Waals surface area contributed by atoms with E-state index in [0.29, 0.717) is 0 Å². The Morgan fingerprint density at radius 1 is 0.303 bits per heavy atom. The number of hydrogen-bond acceptors (Lipinski definition) is 0. The van der Waals surface area contributed by atoms with Gasteiger partial charge in [-0.3, -0.25) is 0 Å².